The summed E-state index contributed by atoms with van der Waals surface area (Å²) in [5.41, 5.74) is 0. The number of thiophene rings is 1. The van der Waals surface area contributed by atoms with Gasteiger partial charge in [-0.2, -0.15) is 0 Å². The van der Waals surface area contributed by atoms with E-state index in [4.69, 9.17) is 11.6 Å². The molecule has 0 aliphatic rings. The molecule has 0 radical (unpaired) electrons. The van der Waals surface area contributed by atoms with Crippen LogP contribution in [0.1, 0.15) is 23.8 Å². The maximum atomic E-state index is 6.04. The molecule has 0 fully saturated rings. The maximum absolute atomic E-state index is 6.04. The van der Waals surface area contributed by atoms with Crippen LogP contribution in [0.3, 0.4) is 0 Å². The van der Waals surface area contributed by atoms with Crippen molar-refractivity contribution in [3.8, 4) is 0 Å². The van der Waals surface area contributed by atoms with Gasteiger partial charge in [-0.25, -0.2) is 0 Å². The number of allylic oxidation sites excluding steroid dienone is 1. The molecule has 1 rings (SSSR count). The van der Waals surface area contributed by atoms with Gasteiger partial charge in [0.05, 0.1) is 5.02 Å². The molecule has 0 saturated heterocycles. The number of hydrogen-bond acceptors (Lipinski definition) is 2. The average molecular weight is 216 g/mol. The quantitative estimate of drug-likeness (QED) is 0.740. The number of nitrogens with one attached hydrogen (secondary N) is 1. The molecule has 0 saturated carbocycles. The predicted molar refractivity (Wildman–Crippen MR) is 60.6 cm³/mol. The second-order valence-corrected chi connectivity index (χ2v) is 4.19. The van der Waals surface area contributed by atoms with Gasteiger partial charge in [0, 0.05) is 10.9 Å². The lowest BCUT2D eigenvalue weighted by atomic mass is 10.1. The first-order valence-electron chi connectivity index (χ1n) is 4.30. The van der Waals surface area contributed by atoms with Gasteiger partial charge >= 0.3 is 0 Å². The minimum atomic E-state index is 0.366. The Labute approximate surface area is 88.4 Å². The van der Waals surface area contributed by atoms with Crippen molar-refractivity contribution < 1.29 is 0 Å². The van der Waals surface area contributed by atoms with Crippen LogP contribution < -0.4 is 5.32 Å². The summed E-state index contributed by atoms with van der Waals surface area (Å²) in [5, 5.41) is 6.15. The van der Waals surface area contributed by atoms with Crippen molar-refractivity contribution in [2.75, 3.05) is 7.05 Å². The standard InChI is InChI=1S/C10H14ClNS/c1-3-4-5-9(12-2)10-8(11)6-7-13-10/h3,6-7,9,12H,1,4-5H2,2H3. The van der Waals surface area contributed by atoms with Gasteiger partial charge in [0.2, 0.25) is 0 Å². The smallest absolute Gasteiger partial charge is 0.0561 e. The summed E-state index contributed by atoms with van der Waals surface area (Å²) >= 11 is 7.74. The Balaban J connectivity index is 2.66. The largest absolute Gasteiger partial charge is 0.312 e. The molecule has 1 N–H and O–H groups in total. The van der Waals surface area contributed by atoms with Crippen LogP contribution >= 0.6 is 22.9 Å². The molecule has 1 aromatic rings. The van der Waals surface area contributed by atoms with E-state index in [1.807, 2.05) is 24.6 Å². The Morgan fingerprint density at radius 3 is 3.00 bits per heavy atom. The molecule has 1 nitrogen and oxygen atoms in total. The third kappa shape index (κ3) is 2.83. The Morgan fingerprint density at radius 1 is 1.77 bits per heavy atom. The van der Waals surface area contributed by atoms with E-state index in [0.717, 1.165) is 17.9 Å². The molecule has 1 aromatic heterocycles. The van der Waals surface area contributed by atoms with Crippen molar-refractivity contribution in [2.24, 2.45) is 0 Å². The van der Waals surface area contributed by atoms with E-state index in [-0.39, 0.29) is 0 Å². The van der Waals surface area contributed by atoms with Crippen LogP contribution in [0.15, 0.2) is 24.1 Å². The molecule has 1 heterocycles. The second-order valence-electron chi connectivity index (χ2n) is 2.84. The third-order valence-electron chi connectivity index (χ3n) is 1.97. The lowest BCUT2D eigenvalue weighted by Crippen LogP contribution is -2.14. The van der Waals surface area contributed by atoms with Crippen LogP contribution in [0, 0.1) is 0 Å². The Hall–Kier alpha value is -0.310. The Bertz CT molecular complexity index is 270. The van der Waals surface area contributed by atoms with Crippen LogP contribution in [0.5, 0.6) is 0 Å². The highest BCUT2D eigenvalue weighted by Gasteiger charge is 2.12. The summed E-state index contributed by atoms with van der Waals surface area (Å²) in [7, 11) is 1.96. The highest BCUT2D eigenvalue weighted by Crippen LogP contribution is 2.30. The highest BCUT2D eigenvalue weighted by atomic mass is 35.5. The van der Waals surface area contributed by atoms with E-state index in [9.17, 15) is 0 Å². The minimum Gasteiger partial charge on any atom is -0.312 e. The van der Waals surface area contributed by atoms with Crippen LogP contribution in [-0.2, 0) is 0 Å². The average Bonchev–Trinajstić information content (AvgIpc) is 2.54. The van der Waals surface area contributed by atoms with E-state index in [0.29, 0.717) is 6.04 Å². The number of hydrogen-bond donors (Lipinski definition) is 1. The molecule has 1 unspecified atom stereocenters. The van der Waals surface area contributed by atoms with Crippen LogP contribution in [0.2, 0.25) is 5.02 Å². The van der Waals surface area contributed by atoms with E-state index < -0.39 is 0 Å². The Kier molecular flexibility index (Phi) is 4.50. The summed E-state index contributed by atoms with van der Waals surface area (Å²) in [6.07, 6.45) is 4.01. The lowest BCUT2D eigenvalue weighted by Gasteiger charge is -2.13. The molecule has 0 bridgehead atoms. The predicted octanol–water partition coefficient (Wildman–Crippen LogP) is 3.63. The maximum Gasteiger partial charge on any atom is 0.0561 e. The van der Waals surface area contributed by atoms with E-state index in [1.54, 1.807) is 11.3 Å². The van der Waals surface area contributed by atoms with Crippen molar-refractivity contribution in [1.29, 1.82) is 0 Å². The van der Waals surface area contributed by atoms with Crippen LogP contribution in [0.4, 0.5) is 0 Å². The zero-order valence-electron chi connectivity index (χ0n) is 7.72. The fourth-order valence-corrected chi connectivity index (χ4v) is 2.58. The summed E-state index contributed by atoms with van der Waals surface area (Å²) in [6, 6.07) is 2.31. The van der Waals surface area contributed by atoms with Gasteiger partial charge < -0.3 is 5.32 Å². The first-order valence-corrected chi connectivity index (χ1v) is 5.56. The normalized spacial score (nSPS) is 12.8. The highest BCUT2D eigenvalue weighted by molar-refractivity contribution is 7.10. The topological polar surface area (TPSA) is 12.0 Å². The van der Waals surface area contributed by atoms with Gasteiger partial charge in [-0.3, -0.25) is 0 Å². The molecule has 3 heteroatoms. The minimum absolute atomic E-state index is 0.366. The van der Waals surface area contributed by atoms with Crippen LogP contribution in [0.25, 0.3) is 0 Å². The monoisotopic (exact) mass is 215 g/mol. The summed E-state index contributed by atoms with van der Waals surface area (Å²) < 4.78 is 0. The van der Waals surface area contributed by atoms with E-state index in [2.05, 4.69) is 11.9 Å². The first kappa shape index (κ1) is 10.8. The molecule has 0 spiro atoms. The molecule has 0 amide bonds. The fourth-order valence-electron chi connectivity index (χ4n) is 1.25. The zero-order valence-corrected chi connectivity index (χ0v) is 9.29. The molecular formula is C10H14ClNS. The van der Waals surface area contributed by atoms with Crippen molar-refractivity contribution in [3.05, 3.63) is 34.0 Å². The van der Waals surface area contributed by atoms with Gasteiger partial charge in [-0.05, 0) is 31.3 Å². The number of rotatable bonds is 5. The van der Waals surface area contributed by atoms with Gasteiger partial charge in [-0.15, -0.1) is 17.9 Å². The zero-order chi connectivity index (χ0) is 9.68. The van der Waals surface area contributed by atoms with E-state index in [1.165, 1.54) is 4.88 Å². The first-order chi connectivity index (χ1) is 6.29. The molecule has 0 aliphatic carbocycles. The second kappa shape index (κ2) is 5.43. The molecule has 0 aromatic carbocycles. The molecule has 0 aliphatic heterocycles. The summed E-state index contributed by atoms with van der Waals surface area (Å²) in [6.45, 7) is 3.71. The van der Waals surface area contributed by atoms with Crippen molar-refractivity contribution in [2.45, 2.75) is 18.9 Å². The third-order valence-corrected chi connectivity index (χ3v) is 3.44. The SMILES string of the molecule is C=CCCC(NC)c1sccc1Cl. The summed E-state index contributed by atoms with van der Waals surface area (Å²) in [4.78, 5) is 1.23. The summed E-state index contributed by atoms with van der Waals surface area (Å²) in [5.74, 6) is 0. The molecule has 13 heavy (non-hydrogen) atoms. The van der Waals surface area contributed by atoms with Gasteiger partial charge in [-0.1, -0.05) is 17.7 Å². The molecule has 72 valence electrons. The van der Waals surface area contributed by atoms with Crippen molar-refractivity contribution in [1.82, 2.24) is 5.32 Å². The number of halogens is 1. The van der Waals surface area contributed by atoms with Gasteiger partial charge in [0.1, 0.15) is 0 Å². The molecule has 1 atom stereocenters. The van der Waals surface area contributed by atoms with Crippen molar-refractivity contribution >= 4 is 22.9 Å². The van der Waals surface area contributed by atoms with Gasteiger partial charge in [0.25, 0.3) is 0 Å². The lowest BCUT2D eigenvalue weighted by molar-refractivity contribution is 0.564. The Morgan fingerprint density at radius 2 is 2.54 bits per heavy atom. The van der Waals surface area contributed by atoms with Crippen molar-refractivity contribution in [3.63, 3.8) is 0 Å². The van der Waals surface area contributed by atoms with Crippen LogP contribution in [-0.4, -0.2) is 7.05 Å². The van der Waals surface area contributed by atoms with Gasteiger partial charge in [0.15, 0.2) is 0 Å². The van der Waals surface area contributed by atoms with E-state index >= 15 is 0 Å². The fraction of sp³-hybridized carbons (Fsp3) is 0.400. The molecular weight excluding hydrogens is 202 g/mol.